The first kappa shape index (κ1) is 13.9. The molecule has 0 saturated heterocycles. The average molecular weight is 290 g/mol. The highest BCUT2D eigenvalue weighted by molar-refractivity contribution is 5.94. The molecule has 0 saturated carbocycles. The van der Waals surface area contributed by atoms with Gasteiger partial charge in [-0.25, -0.2) is 4.98 Å². The van der Waals surface area contributed by atoms with E-state index in [9.17, 15) is 5.11 Å². The number of nitrogens with zero attached hydrogens (tertiary/aromatic N) is 2. The predicted molar refractivity (Wildman–Crippen MR) is 79.0 cm³/mol. The van der Waals surface area contributed by atoms with Crippen LogP contribution in [-0.4, -0.2) is 50.3 Å². The molecule has 0 spiro atoms. The molecular weight excluding hydrogens is 272 g/mol. The van der Waals surface area contributed by atoms with Crippen LogP contribution in [0, 0.1) is 0 Å². The third-order valence-electron chi connectivity index (χ3n) is 3.44. The van der Waals surface area contributed by atoms with E-state index in [0.717, 1.165) is 28.1 Å². The summed E-state index contributed by atoms with van der Waals surface area (Å²) in [5, 5.41) is 11.9. The molecule has 1 atom stereocenters. The van der Waals surface area contributed by atoms with Crippen molar-refractivity contribution in [1.29, 1.82) is 0 Å². The fourth-order valence-electron chi connectivity index (χ4n) is 2.50. The summed E-state index contributed by atoms with van der Waals surface area (Å²) in [5.41, 5.74) is 0. The number of ether oxygens (including phenoxy) is 3. The molecule has 0 fully saturated rings. The summed E-state index contributed by atoms with van der Waals surface area (Å²) in [5.74, 6) is 2.27. The Morgan fingerprint density at radius 1 is 1.38 bits per heavy atom. The normalized spacial score (nSPS) is 14.4. The minimum atomic E-state index is -0.564. The average Bonchev–Trinajstić information content (AvgIpc) is 2.91. The second-order valence-corrected chi connectivity index (χ2v) is 5.05. The molecule has 6 nitrogen and oxygen atoms in total. The number of aliphatic hydroxyl groups is 1. The van der Waals surface area contributed by atoms with Crippen molar-refractivity contribution in [2.24, 2.45) is 0 Å². The van der Waals surface area contributed by atoms with Crippen LogP contribution in [0.2, 0.25) is 0 Å². The van der Waals surface area contributed by atoms with Gasteiger partial charge in [-0.2, -0.15) is 0 Å². The molecular formula is C15H18N2O4. The molecule has 21 heavy (non-hydrogen) atoms. The largest absolute Gasteiger partial charge is 0.454 e. The van der Waals surface area contributed by atoms with E-state index in [1.165, 1.54) is 0 Å². The van der Waals surface area contributed by atoms with Gasteiger partial charge in [0.05, 0.1) is 12.7 Å². The van der Waals surface area contributed by atoms with Crippen molar-refractivity contribution >= 4 is 16.6 Å². The number of hydrogen-bond donors (Lipinski definition) is 1. The minimum Gasteiger partial charge on any atom is -0.454 e. The van der Waals surface area contributed by atoms with E-state index in [4.69, 9.17) is 14.2 Å². The summed E-state index contributed by atoms with van der Waals surface area (Å²) in [6.07, 6.45) is 1.19. The Kier molecular flexibility index (Phi) is 3.81. The van der Waals surface area contributed by atoms with Gasteiger partial charge < -0.3 is 24.2 Å². The van der Waals surface area contributed by atoms with E-state index in [1.54, 1.807) is 13.3 Å². The molecule has 2 aromatic rings. The summed E-state index contributed by atoms with van der Waals surface area (Å²) < 4.78 is 15.8. The summed E-state index contributed by atoms with van der Waals surface area (Å²) in [7, 11) is 3.46. The van der Waals surface area contributed by atoms with Crippen molar-refractivity contribution in [3.8, 4) is 11.5 Å². The molecule has 0 amide bonds. The topological polar surface area (TPSA) is 64.1 Å². The van der Waals surface area contributed by atoms with Gasteiger partial charge in [-0.3, -0.25) is 0 Å². The lowest BCUT2D eigenvalue weighted by atomic mass is 10.1. The second kappa shape index (κ2) is 5.75. The van der Waals surface area contributed by atoms with Crippen LogP contribution in [0.25, 0.3) is 10.8 Å². The van der Waals surface area contributed by atoms with Gasteiger partial charge >= 0.3 is 0 Å². The molecule has 0 bridgehead atoms. The summed E-state index contributed by atoms with van der Waals surface area (Å²) in [6.45, 7) is 0.979. The van der Waals surface area contributed by atoms with Crippen molar-refractivity contribution in [3.63, 3.8) is 0 Å². The highest BCUT2D eigenvalue weighted by atomic mass is 16.7. The number of methoxy groups -OCH3 is 1. The monoisotopic (exact) mass is 290 g/mol. The zero-order valence-corrected chi connectivity index (χ0v) is 12.1. The van der Waals surface area contributed by atoms with Crippen molar-refractivity contribution in [3.05, 3.63) is 24.4 Å². The number of aliphatic hydroxyl groups excluding tert-OH is 1. The standard InChI is InChI=1S/C15H18N2O4/c1-17(7-11(18)8-19-2)15-12-6-14-13(20-9-21-14)5-10(12)3-4-16-15/h3-6,11,18H,7-9H2,1-2H3. The number of rotatable bonds is 5. The zero-order chi connectivity index (χ0) is 14.8. The molecule has 2 heterocycles. The number of aromatic nitrogens is 1. The Bertz CT molecular complexity index is 647. The lowest BCUT2D eigenvalue weighted by molar-refractivity contribution is 0.0694. The Labute approximate surface area is 122 Å². The number of fused-ring (bicyclic) bond motifs is 2. The fourth-order valence-corrected chi connectivity index (χ4v) is 2.50. The fraction of sp³-hybridized carbons (Fsp3) is 0.400. The Morgan fingerprint density at radius 2 is 2.14 bits per heavy atom. The van der Waals surface area contributed by atoms with Crippen LogP contribution in [0.5, 0.6) is 11.5 Å². The second-order valence-electron chi connectivity index (χ2n) is 5.05. The first-order valence-electron chi connectivity index (χ1n) is 6.75. The van der Waals surface area contributed by atoms with Crippen molar-refractivity contribution in [2.75, 3.05) is 39.0 Å². The molecule has 1 aliphatic rings. The molecule has 112 valence electrons. The Balaban J connectivity index is 1.94. The van der Waals surface area contributed by atoms with Crippen molar-refractivity contribution in [2.45, 2.75) is 6.10 Å². The number of likely N-dealkylation sites (N-methyl/N-ethyl adjacent to an activating group) is 1. The lowest BCUT2D eigenvalue weighted by Crippen LogP contribution is -2.32. The summed E-state index contributed by atoms with van der Waals surface area (Å²) in [4.78, 5) is 6.33. The molecule has 1 aromatic heterocycles. The van der Waals surface area contributed by atoms with Crippen LogP contribution in [0.4, 0.5) is 5.82 Å². The van der Waals surface area contributed by atoms with Gasteiger partial charge in [-0.15, -0.1) is 0 Å². The van der Waals surface area contributed by atoms with Gasteiger partial charge in [0.1, 0.15) is 5.82 Å². The van der Waals surface area contributed by atoms with Crippen molar-refractivity contribution in [1.82, 2.24) is 4.98 Å². The van der Waals surface area contributed by atoms with E-state index in [0.29, 0.717) is 13.2 Å². The third kappa shape index (κ3) is 2.72. The van der Waals surface area contributed by atoms with Crippen molar-refractivity contribution < 1.29 is 19.3 Å². The van der Waals surface area contributed by atoms with Crippen LogP contribution < -0.4 is 14.4 Å². The molecule has 6 heteroatoms. The lowest BCUT2D eigenvalue weighted by Gasteiger charge is -2.22. The van der Waals surface area contributed by atoms with Crippen LogP contribution in [0.1, 0.15) is 0 Å². The number of hydrogen-bond acceptors (Lipinski definition) is 6. The van der Waals surface area contributed by atoms with Crippen LogP contribution >= 0.6 is 0 Å². The molecule has 3 rings (SSSR count). The van der Waals surface area contributed by atoms with Gasteiger partial charge in [-0.1, -0.05) is 0 Å². The van der Waals surface area contributed by atoms with E-state index in [2.05, 4.69) is 4.98 Å². The minimum absolute atomic E-state index is 0.247. The highest BCUT2D eigenvalue weighted by Crippen LogP contribution is 2.38. The van der Waals surface area contributed by atoms with Gasteiger partial charge in [-0.05, 0) is 23.6 Å². The van der Waals surface area contributed by atoms with E-state index in [1.807, 2.05) is 30.1 Å². The molecule has 1 N–H and O–H groups in total. The third-order valence-corrected chi connectivity index (χ3v) is 3.44. The maximum absolute atomic E-state index is 9.87. The van der Waals surface area contributed by atoms with Crippen LogP contribution in [0.15, 0.2) is 24.4 Å². The smallest absolute Gasteiger partial charge is 0.231 e. The quantitative estimate of drug-likeness (QED) is 0.898. The van der Waals surface area contributed by atoms with Crippen LogP contribution in [-0.2, 0) is 4.74 Å². The zero-order valence-electron chi connectivity index (χ0n) is 12.1. The van der Waals surface area contributed by atoms with E-state index in [-0.39, 0.29) is 6.79 Å². The number of benzene rings is 1. The van der Waals surface area contributed by atoms with E-state index >= 15 is 0 Å². The first-order valence-corrected chi connectivity index (χ1v) is 6.75. The first-order chi connectivity index (χ1) is 10.2. The molecule has 0 radical (unpaired) electrons. The van der Waals surface area contributed by atoms with Gasteiger partial charge in [0, 0.05) is 32.3 Å². The summed E-state index contributed by atoms with van der Waals surface area (Å²) in [6, 6.07) is 5.81. The predicted octanol–water partition coefficient (Wildman–Crippen LogP) is 1.41. The van der Waals surface area contributed by atoms with Gasteiger partial charge in [0.25, 0.3) is 0 Å². The molecule has 1 unspecified atom stereocenters. The number of pyridine rings is 1. The number of anilines is 1. The molecule has 0 aliphatic carbocycles. The Hall–Kier alpha value is -2.05. The van der Waals surface area contributed by atoms with Gasteiger partial charge in [0.15, 0.2) is 11.5 Å². The molecule has 1 aromatic carbocycles. The Morgan fingerprint density at radius 3 is 2.90 bits per heavy atom. The SMILES string of the molecule is COCC(O)CN(C)c1nccc2cc3c(cc12)OCO3. The van der Waals surface area contributed by atoms with Crippen LogP contribution in [0.3, 0.4) is 0 Å². The highest BCUT2D eigenvalue weighted by Gasteiger charge is 2.18. The maximum atomic E-state index is 9.87. The summed E-state index contributed by atoms with van der Waals surface area (Å²) >= 11 is 0. The molecule has 1 aliphatic heterocycles. The maximum Gasteiger partial charge on any atom is 0.231 e. The van der Waals surface area contributed by atoms with E-state index < -0.39 is 6.10 Å². The van der Waals surface area contributed by atoms with Gasteiger partial charge in [0.2, 0.25) is 6.79 Å².